The number of alkyl carbamates (subject to hydrolysis) is 1. The number of carboxylic acids is 1. The fourth-order valence-corrected chi connectivity index (χ4v) is 4.29. The summed E-state index contributed by atoms with van der Waals surface area (Å²) in [6.45, 7) is 8.98. The van der Waals surface area contributed by atoms with Gasteiger partial charge in [0.05, 0.1) is 19.3 Å². The number of carbonyl (C=O) groups is 4. The van der Waals surface area contributed by atoms with Gasteiger partial charge in [0.1, 0.15) is 6.04 Å². The van der Waals surface area contributed by atoms with Gasteiger partial charge in [0.25, 0.3) is 16.6 Å². The zero-order chi connectivity index (χ0) is 36.3. The first-order valence-corrected chi connectivity index (χ1v) is 15.7. The minimum Gasteiger partial charge on any atom is -0.480 e. The molecule has 0 saturated carbocycles. The lowest BCUT2D eigenvalue weighted by molar-refractivity contribution is -0.777. The summed E-state index contributed by atoms with van der Waals surface area (Å²) in [6.07, 6.45) is 4.14. The second kappa shape index (κ2) is 26.3. The third-order valence-electron chi connectivity index (χ3n) is 6.75. The summed E-state index contributed by atoms with van der Waals surface area (Å²) in [6, 6.07) is 8.85. The Morgan fingerprint density at radius 2 is 1.75 bits per heavy atom. The molecule has 18 heteroatoms. The zero-order valence-corrected chi connectivity index (χ0v) is 27.9. The van der Waals surface area contributed by atoms with Gasteiger partial charge < -0.3 is 29.6 Å². The van der Waals surface area contributed by atoms with Crippen molar-refractivity contribution in [3.63, 3.8) is 0 Å². The molecule has 1 heterocycles. The molecule has 0 aliphatic carbocycles. The minimum absolute atomic E-state index is 0.000890. The molecule has 2 rings (SSSR count). The average molecular weight is 688 g/mol. The molecule has 0 spiro atoms. The van der Waals surface area contributed by atoms with E-state index in [2.05, 4.69) is 29.8 Å². The molecule has 0 bridgehead atoms. The van der Waals surface area contributed by atoms with E-state index in [1.165, 1.54) is 6.92 Å². The number of benzene rings is 1. The van der Waals surface area contributed by atoms with Gasteiger partial charge in [0.2, 0.25) is 12.2 Å². The van der Waals surface area contributed by atoms with E-state index in [9.17, 15) is 44.5 Å². The summed E-state index contributed by atoms with van der Waals surface area (Å²) in [4.78, 5) is 73.6. The highest BCUT2D eigenvalue weighted by atomic mass is 17.0. The molecule has 1 fully saturated rings. The van der Waals surface area contributed by atoms with Crippen LogP contribution in [0.25, 0.3) is 0 Å². The highest BCUT2D eigenvalue weighted by Gasteiger charge is 2.30. The lowest BCUT2D eigenvalue weighted by Crippen LogP contribution is -2.51. The first kappa shape index (κ1) is 43.3. The van der Waals surface area contributed by atoms with Gasteiger partial charge >= 0.3 is 12.1 Å². The molecule has 2 amide bonds. The molecule has 1 aliphatic rings. The average Bonchev–Trinajstić information content (AvgIpc) is 3.46. The van der Waals surface area contributed by atoms with Crippen LogP contribution in [0.15, 0.2) is 30.3 Å². The predicted molar refractivity (Wildman–Crippen MR) is 170 cm³/mol. The Hall–Kier alpha value is -4.74. The second-order valence-corrected chi connectivity index (χ2v) is 10.6. The molecule has 272 valence electrons. The zero-order valence-electron chi connectivity index (χ0n) is 27.9. The number of carboxylic acid groups (broad SMARTS) is 1. The predicted octanol–water partition coefficient (Wildman–Crippen LogP) is 3.28. The Labute approximate surface area is 279 Å². The number of nitrogens with zero attached hydrogens (tertiary/aromatic N) is 3. The number of hydrogen-bond acceptors (Lipinski definition) is 13. The molecule has 4 unspecified atom stereocenters. The lowest BCUT2D eigenvalue weighted by atomic mass is 10.0. The topological polar surface area (TPSA) is 239 Å². The molecule has 3 N–H and O–H groups in total. The van der Waals surface area contributed by atoms with Crippen molar-refractivity contribution < 1.29 is 53.6 Å². The van der Waals surface area contributed by atoms with E-state index in [0.717, 1.165) is 37.8 Å². The fourth-order valence-electron chi connectivity index (χ4n) is 4.29. The summed E-state index contributed by atoms with van der Waals surface area (Å²) in [5, 5.41) is 32.4. The molecular formula is C30H49N5O13. The van der Waals surface area contributed by atoms with Crippen molar-refractivity contribution in [2.45, 2.75) is 103 Å². The lowest BCUT2D eigenvalue weighted by Gasteiger charge is -2.27. The number of carbonyl (C=O) groups excluding carboxylic acids is 3. The van der Waals surface area contributed by atoms with Gasteiger partial charge in [0, 0.05) is 19.1 Å². The Bertz CT molecular complexity index is 1100. The highest BCUT2D eigenvalue weighted by molar-refractivity contribution is 5.83. The van der Waals surface area contributed by atoms with Crippen LogP contribution in [0.1, 0.15) is 78.2 Å². The van der Waals surface area contributed by atoms with Gasteiger partial charge in [-0.15, -0.1) is 20.2 Å². The summed E-state index contributed by atoms with van der Waals surface area (Å²) < 4.78 is 8.83. The molecule has 1 aliphatic heterocycles. The Morgan fingerprint density at radius 1 is 1.08 bits per heavy atom. The van der Waals surface area contributed by atoms with Gasteiger partial charge in [-0.1, -0.05) is 43.7 Å². The van der Waals surface area contributed by atoms with Crippen LogP contribution >= 0.6 is 0 Å². The summed E-state index contributed by atoms with van der Waals surface area (Å²) >= 11 is 0. The number of unbranched alkanes of at least 4 members (excludes halogenated alkanes) is 2. The Balaban J connectivity index is 0.000000758. The third-order valence-corrected chi connectivity index (χ3v) is 6.75. The first-order chi connectivity index (χ1) is 22.8. The maximum absolute atomic E-state index is 12.5. The standard InChI is InChI=1S/C18H26N2O3.C7H14N2O5.C5H9NO5/c1-13-7-6-12-20(13)17(21)14(2)19-16(18(22)23)11-10-15-8-4-3-5-9-15;1-3-4-5-8-7(10)13-6(2)14-9(11)12;7-5-10-3-1-2-4-11-6(8)9/h3-5,8-9,13-14,16,19H,6-7,10-12H2,1-2H3,(H,22,23);6H,3-5H2,1-2H3,(H,8,10);5H,1-4H2. The van der Waals surface area contributed by atoms with E-state index in [1.54, 1.807) is 6.92 Å². The quantitative estimate of drug-likeness (QED) is 0.0586. The number of aryl methyl sites for hydroxylation is 1. The largest absolute Gasteiger partial charge is 0.480 e. The molecule has 4 atom stereocenters. The van der Waals surface area contributed by atoms with Crippen LogP contribution in [-0.2, 0) is 40.0 Å². The van der Waals surface area contributed by atoms with E-state index in [1.807, 2.05) is 49.1 Å². The third kappa shape index (κ3) is 21.9. The van der Waals surface area contributed by atoms with Crippen LogP contribution in [0.3, 0.4) is 0 Å². The maximum atomic E-state index is 12.5. The molecule has 1 saturated heterocycles. The number of aliphatic carboxylic acids is 1. The van der Waals surface area contributed by atoms with Crippen molar-refractivity contribution in [1.29, 1.82) is 0 Å². The highest BCUT2D eigenvalue weighted by Crippen LogP contribution is 2.17. The molecular weight excluding hydrogens is 638 g/mol. The van der Waals surface area contributed by atoms with Crippen LogP contribution in [0.5, 0.6) is 0 Å². The number of likely N-dealkylation sites (tertiary alicyclic amines) is 1. The van der Waals surface area contributed by atoms with Crippen LogP contribution in [-0.4, -0.2) is 95.3 Å². The molecule has 0 radical (unpaired) electrons. The van der Waals surface area contributed by atoms with E-state index in [4.69, 9.17) is 0 Å². The smallest absolute Gasteiger partial charge is 0.409 e. The van der Waals surface area contributed by atoms with Gasteiger partial charge in [-0.2, -0.15) is 0 Å². The summed E-state index contributed by atoms with van der Waals surface area (Å²) in [5.74, 6) is -0.906. The van der Waals surface area contributed by atoms with Gasteiger partial charge in [-0.3, -0.25) is 24.5 Å². The number of hydrogen-bond donors (Lipinski definition) is 3. The fraction of sp³-hybridized carbons (Fsp3) is 0.667. The van der Waals surface area contributed by atoms with Gasteiger partial charge in [-0.05, 0) is 71.3 Å². The van der Waals surface area contributed by atoms with E-state index >= 15 is 0 Å². The van der Waals surface area contributed by atoms with Crippen LogP contribution in [0, 0.1) is 20.2 Å². The SMILES string of the molecule is CC(NC(CCc1ccccc1)C(=O)O)C(=O)N1CCCC1C.CCCCNC(=O)OC(C)O[N+](=O)[O-].O=COCCCCO[N+](=O)[O-]. The van der Waals surface area contributed by atoms with Gasteiger partial charge in [-0.25, -0.2) is 4.79 Å². The molecule has 0 aromatic heterocycles. The van der Waals surface area contributed by atoms with Crippen molar-refractivity contribution in [2.75, 3.05) is 26.3 Å². The first-order valence-electron chi connectivity index (χ1n) is 15.7. The molecule has 1 aromatic carbocycles. The van der Waals surface area contributed by atoms with Crippen molar-refractivity contribution in [3.05, 3.63) is 56.1 Å². The number of rotatable bonds is 20. The van der Waals surface area contributed by atoms with Crippen molar-refractivity contribution in [1.82, 2.24) is 15.5 Å². The molecule has 1 aromatic rings. The minimum atomic E-state index is -1.19. The van der Waals surface area contributed by atoms with Crippen molar-refractivity contribution >= 4 is 24.4 Å². The van der Waals surface area contributed by atoms with Crippen LogP contribution in [0.4, 0.5) is 4.79 Å². The van der Waals surface area contributed by atoms with Crippen LogP contribution in [0.2, 0.25) is 0 Å². The van der Waals surface area contributed by atoms with Crippen molar-refractivity contribution in [2.24, 2.45) is 0 Å². The Kier molecular flexibility index (Phi) is 23.7. The van der Waals surface area contributed by atoms with Crippen molar-refractivity contribution in [3.8, 4) is 0 Å². The second-order valence-electron chi connectivity index (χ2n) is 10.6. The number of ether oxygens (including phenoxy) is 2. The van der Waals surface area contributed by atoms with E-state index in [0.29, 0.717) is 38.7 Å². The van der Waals surface area contributed by atoms with Gasteiger partial charge in [0.15, 0.2) is 0 Å². The van der Waals surface area contributed by atoms with Crippen LogP contribution < -0.4 is 10.6 Å². The maximum Gasteiger partial charge on any atom is 0.409 e. The number of nitrogens with one attached hydrogen (secondary N) is 2. The molecule has 48 heavy (non-hydrogen) atoms. The molecule has 18 nitrogen and oxygen atoms in total. The van der Waals surface area contributed by atoms with E-state index < -0.39 is 40.6 Å². The normalized spacial score (nSPS) is 15.1. The monoisotopic (exact) mass is 687 g/mol. The Morgan fingerprint density at radius 3 is 2.29 bits per heavy atom. The number of amides is 2. The van der Waals surface area contributed by atoms with E-state index in [-0.39, 0.29) is 25.2 Å². The summed E-state index contributed by atoms with van der Waals surface area (Å²) in [7, 11) is 0. The summed E-state index contributed by atoms with van der Waals surface area (Å²) in [5.41, 5.74) is 1.10.